The highest BCUT2D eigenvalue weighted by atomic mass is 127. The van der Waals surface area contributed by atoms with Gasteiger partial charge in [-0.1, -0.05) is 0 Å². The number of nitrogens with one attached hydrogen (secondary N) is 1. The van der Waals surface area contributed by atoms with Crippen LogP contribution in [0.15, 0.2) is 0 Å². The van der Waals surface area contributed by atoms with Crippen LogP contribution in [0.5, 0.6) is 0 Å². The molecule has 1 atom stereocenters. The Morgan fingerprint density at radius 1 is 1.75 bits per heavy atom. The van der Waals surface area contributed by atoms with Crippen molar-refractivity contribution in [1.82, 2.24) is 5.32 Å². The van der Waals surface area contributed by atoms with Gasteiger partial charge in [-0.25, -0.2) is 0 Å². The van der Waals surface area contributed by atoms with E-state index in [0.29, 0.717) is 6.00 Å². The van der Waals surface area contributed by atoms with Crippen molar-refractivity contribution in [2.45, 2.75) is 6.00 Å². The molecule has 8 heavy (non-hydrogen) atoms. The number of hydrogen-bond donors (Lipinski definition) is 1. The van der Waals surface area contributed by atoms with Crippen molar-refractivity contribution in [2.75, 3.05) is 19.7 Å². The maximum atomic E-state index is 5.30. The van der Waals surface area contributed by atoms with Crippen molar-refractivity contribution >= 4 is 27.5 Å². The maximum absolute atomic E-state index is 5.30. The molecule has 4 heteroatoms. The Morgan fingerprint density at radius 3 is 3.00 bits per heavy atom. The molecule has 1 aliphatic heterocycles. The van der Waals surface area contributed by atoms with E-state index in [4.69, 9.17) is 4.74 Å². The van der Waals surface area contributed by atoms with Crippen LogP contribution in [0.4, 0.5) is 0 Å². The average Bonchev–Trinajstić information content (AvgIpc) is 1.90. The first-order valence-electron chi connectivity index (χ1n) is 2.69. The molecule has 0 saturated carbocycles. The average molecular weight is 224 g/mol. The zero-order chi connectivity index (χ0) is 5.82. The van der Waals surface area contributed by atoms with E-state index in [1.54, 1.807) is 0 Å². The molecular weight excluding hydrogens is 216 g/mol. The normalized spacial score (nSPS) is 29.9. The van der Waals surface area contributed by atoms with Crippen LogP contribution in [-0.2, 0) is 4.74 Å². The highest BCUT2D eigenvalue weighted by Gasteiger charge is 2.11. The van der Waals surface area contributed by atoms with Crippen LogP contribution in [-0.4, -0.2) is 30.8 Å². The minimum absolute atomic E-state index is 0.337. The van der Waals surface area contributed by atoms with Crippen LogP contribution in [0.25, 0.3) is 0 Å². The molecule has 0 bridgehead atoms. The smallest absolute Gasteiger partial charge is 0.238 e. The second kappa shape index (κ2) is 3.69. The van der Waals surface area contributed by atoms with Gasteiger partial charge in [0.1, 0.15) is 0 Å². The molecule has 1 heterocycles. The third-order valence-corrected chi connectivity index (χ3v) is 1.90. The van der Waals surface area contributed by atoms with Crippen molar-refractivity contribution in [1.29, 1.82) is 0 Å². The summed E-state index contributed by atoms with van der Waals surface area (Å²) in [7, 11) is 0. The third-order valence-electron chi connectivity index (χ3n) is 1.10. The lowest BCUT2D eigenvalue weighted by atomic mass is 9.99. The summed E-state index contributed by atoms with van der Waals surface area (Å²) in [5, 5.41) is 5.27. The minimum atomic E-state index is 0.337. The summed E-state index contributed by atoms with van der Waals surface area (Å²) >= 11 is 2.22. The van der Waals surface area contributed by atoms with E-state index in [-0.39, 0.29) is 0 Å². The molecule has 0 aromatic heterocycles. The first kappa shape index (κ1) is 6.83. The van der Waals surface area contributed by atoms with Crippen molar-refractivity contribution < 1.29 is 4.74 Å². The third kappa shape index (κ3) is 1.91. The van der Waals surface area contributed by atoms with Crippen LogP contribution in [0.2, 0.25) is 0 Å². The Labute approximate surface area is 63.5 Å². The van der Waals surface area contributed by atoms with Gasteiger partial charge in [-0.2, -0.15) is 22.4 Å². The summed E-state index contributed by atoms with van der Waals surface area (Å²) in [5.41, 5.74) is 0. The predicted octanol–water partition coefficient (Wildman–Crippen LogP) is -0.0135. The molecule has 0 aliphatic carbocycles. The van der Waals surface area contributed by atoms with Gasteiger partial charge < -0.3 is 10.1 Å². The standard InChI is InChI=1S/C4H8BINO/c6-5-4-3-7-1-2-8-4/h4,7H,1-3H2/t4-/m0/s1. The van der Waals surface area contributed by atoms with Crippen molar-refractivity contribution in [2.24, 2.45) is 0 Å². The van der Waals surface area contributed by atoms with Gasteiger partial charge in [0.25, 0.3) is 0 Å². The Bertz CT molecular complexity index is 67.1. The highest BCUT2D eigenvalue weighted by Crippen LogP contribution is 1.96. The molecule has 1 saturated heterocycles. The summed E-state index contributed by atoms with van der Waals surface area (Å²) < 4.78 is 5.30. The number of morpholine rings is 1. The van der Waals surface area contributed by atoms with Gasteiger partial charge in [0.15, 0.2) is 0 Å². The SMILES string of the molecule is I[B][C@@H]1CNCCO1. The first-order chi connectivity index (χ1) is 3.93. The monoisotopic (exact) mass is 224 g/mol. The fourth-order valence-corrected chi connectivity index (χ4v) is 1.13. The summed E-state index contributed by atoms with van der Waals surface area (Å²) in [6.07, 6.45) is 0. The largest absolute Gasteiger partial charge is 0.383 e. The number of halogens is 1. The lowest BCUT2D eigenvalue weighted by Gasteiger charge is -2.20. The molecule has 0 spiro atoms. The van der Waals surface area contributed by atoms with Crippen LogP contribution in [0.1, 0.15) is 0 Å². The Morgan fingerprint density at radius 2 is 2.62 bits per heavy atom. The second-order valence-electron chi connectivity index (χ2n) is 1.74. The Balaban J connectivity index is 2.13. The van der Waals surface area contributed by atoms with Gasteiger partial charge in [-0.3, -0.25) is 0 Å². The topological polar surface area (TPSA) is 21.3 Å². The number of ether oxygens (including phenoxy) is 1. The molecule has 0 amide bonds. The van der Waals surface area contributed by atoms with Crippen LogP contribution >= 0.6 is 22.4 Å². The summed E-state index contributed by atoms with van der Waals surface area (Å²) in [6.45, 7) is 2.83. The zero-order valence-electron chi connectivity index (χ0n) is 4.56. The number of rotatable bonds is 1. The second-order valence-corrected chi connectivity index (χ2v) is 2.46. The minimum Gasteiger partial charge on any atom is -0.383 e. The van der Waals surface area contributed by atoms with Gasteiger partial charge in [-0.05, 0) is 0 Å². The van der Waals surface area contributed by atoms with Gasteiger partial charge >= 0.3 is 0 Å². The zero-order valence-corrected chi connectivity index (χ0v) is 6.72. The summed E-state index contributed by atoms with van der Waals surface area (Å²) in [6, 6.07) is 0.337. The molecule has 0 aromatic rings. The van der Waals surface area contributed by atoms with E-state index < -0.39 is 0 Å². The fraction of sp³-hybridized carbons (Fsp3) is 1.00. The van der Waals surface area contributed by atoms with E-state index in [1.165, 1.54) is 0 Å². The summed E-state index contributed by atoms with van der Waals surface area (Å²) in [5.74, 6) is 0. The van der Waals surface area contributed by atoms with Crippen LogP contribution in [0.3, 0.4) is 0 Å². The number of hydrogen-bond acceptors (Lipinski definition) is 2. The molecule has 2 nitrogen and oxygen atoms in total. The summed E-state index contributed by atoms with van der Waals surface area (Å²) in [4.78, 5) is 0. The molecule has 0 aromatic carbocycles. The molecule has 45 valence electrons. The molecule has 1 aliphatic rings. The predicted molar refractivity (Wildman–Crippen MR) is 42.4 cm³/mol. The lowest BCUT2D eigenvalue weighted by molar-refractivity contribution is 0.0796. The van der Waals surface area contributed by atoms with Crippen LogP contribution in [0, 0.1) is 0 Å². The van der Waals surface area contributed by atoms with Gasteiger partial charge in [0.2, 0.25) is 5.14 Å². The van der Waals surface area contributed by atoms with Crippen LogP contribution < -0.4 is 5.32 Å². The van der Waals surface area contributed by atoms with Gasteiger partial charge in [-0.15, -0.1) is 0 Å². The van der Waals surface area contributed by atoms with Crippen molar-refractivity contribution in [3.63, 3.8) is 0 Å². The fourth-order valence-electron chi connectivity index (χ4n) is 0.667. The Hall–Kier alpha value is 0.715. The first-order valence-corrected chi connectivity index (χ1v) is 3.94. The van der Waals surface area contributed by atoms with Gasteiger partial charge in [0, 0.05) is 13.1 Å². The quantitative estimate of drug-likeness (QED) is 0.499. The molecule has 1 radical (unpaired) electrons. The van der Waals surface area contributed by atoms with E-state index in [2.05, 4.69) is 27.7 Å². The molecule has 1 N–H and O–H groups in total. The molecular formula is C4H8BINO. The maximum Gasteiger partial charge on any atom is 0.238 e. The Kier molecular flexibility index (Phi) is 3.15. The van der Waals surface area contributed by atoms with Crippen molar-refractivity contribution in [3.8, 4) is 0 Å². The van der Waals surface area contributed by atoms with Crippen molar-refractivity contribution in [3.05, 3.63) is 0 Å². The van der Waals surface area contributed by atoms with Gasteiger partial charge in [0.05, 0.1) is 12.6 Å². The van der Waals surface area contributed by atoms with E-state index >= 15 is 0 Å². The highest BCUT2D eigenvalue weighted by molar-refractivity contribution is 14.1. The molecule has 0 unspecified atom stereocenters. The lowest BCUT2D eigenvalue weighted by Crippen LogP contribution is -2.40. The van der Waals surface area contributed by atoms with E-state index in [0.717, 1.165) is 19.7 Å². The molecule has 1 fully saturated rings. The van der Waals surface area contributed by atoms with E-state index in [9.17, 15) is 0 Å². The molecule has 1 rings (SSSR count). The van der Waals surface area contributed by atoms with E-state index in [1.807, 2.05) is 5.14 Å².